The Balaban J connectivity index is 1.31. The topological polar surface area (TPSA) is 83.6 Å². The van der Waals surface area contributed by atoms with Gasteiger partial charge in [0.05, 0.1) is 11.2 Å². The molecule has 2 aromatic carbocycles. The monoisotopic (exact) mass is 582 g/mol. The molecule has 0 radical (unpaired) electrons. The van der Waals surface area contributed by atoms with Crippen LogP contribution in [0.5, 0.6) is 0 Å². The minimum atomic E-state index is -0.825. The zero-order chi connectivity index (χ0) is 30.3. The number of benzene rings is 2. The molecular formula is C33H37F3N2O4. The smallest absolute Gasteiger partial charge is 0.185 e. The molecule has 3 aromatic rings. The maximum absolute atomic E-state index is 14.3. The summed E-state index contributed by atoms with van der Waals surface area (Å²) in [5.74, 6) is -2.23. The molecule has 2 heterocycles. The SMILES string of the molecule is CC1(O)CCC(N2CC(CC(=O)CC(C)(C)c3cccc(F)c3)(CC(=O)c3cc(-c4ccc(F)cc4F)on3)C2)CC1. The Morgan fingerprint density at radius 3 is 2.38 bits per heavy atom. The molecule has 42 heavy (non-hydrogen) atoms. The molecule has 1 aliphatic heterocycles. The standard InChI is InChI=1S/C33H37F3N2O4/c1-31(2,21-5-4-6-22(34)13-21)16-25(39)17-33(19-38(20-33)24-9-11-32(3,41)12-10-24)18-29(40)28-15-30(42-37-28)26-8-7-23(35)14-27(26)36/h4-8,13-15,24,41H,9-12,16-20H2,1-3H3. The lowest BCUT2D eigenvalue weighted by atomic mass is 9.68. The highest BCUT2D eigenvalue weighted by atomic mass is 19.1. The van der Waals surface area contributed by atoms with Crippen LogP contribution in [0.25, 0.3) is 11.3 Å². The first-order valence-electron chi connectivity index (χ1n) is 14.4. The molecule has 0 atom stereocenters. The van der Waals surface area contributed by atoms with Crippen LogP contribution < -0.4 is 0 Å². The van der Waals surface area contributed by atoms with Crippen molar-refractivity contribution in [2.24, 2.45) is 5.41 Å². The number of nitrogens with zero attached hydrogens (tertiary/aromatic N) is 2. The van der Waals surface area contributed by atoms with E-state index in [2.05, 4.69) is 10.1 Å². The maximum atomic E-state index is 14.3. The zero-order valence-corrected chi connectivity index (χ0v) is 24.3. The van der Waals surface area contributed by atoms with E-state index in [1.165, 1.54) is 24.3 Å². The van der Waals surface area contributed by atoms with Crippen molar-refractivity contribution < 1.29 is 32.4 Å². The molecule has 0 amide bonds. The van der Waals surface area contributed by atoms with Crippen LogP contribution in [0.15, 0.2) is 53.1 Å². The first-order chi connectivity index (χ1) is 19.7. The molecule has 0 unspecified atom stereocenters. The van der Waals surface area contributed by atoms with Gasteiger partial charge in [-0.3, -0.25) is 14.5 Å². The second kappa shape index (κ2) is 11.4. The van der Waals surface area contributed by atoms with Crippen LogP contribution in [0, 0.1) is 22.9 Å². The molecule has 0 bridgehead atoms. The third-order valence-electron chi connectivity index (χ3n) is 8.97. The van der Waals surface area contributed by atoms with E-state index in [1.54, 1.807) is 6.07 Å². The minimum Gasteiger partial charge on any atom is -0.390 e. The Labute approximate surface area is 243 Å². The van der Waals surface area contributed by atoms with Gasteiger partial charge in [-0.05, 0) is 67.9 Å². The molecule has 1 saturated heterocycles. The average molecular weight is 583 g/mol. The predicted octanol–water partition coefficient (Wildman–Crippen LogP) is 6.65. The van der Waals surface area contributed by atoms with Crippen molar-refractivity contribution in [2.45, 2.75) is 82.8 Å². The summed E-state index contributed by atoms with van der Waals surface area (Å²) in [6.45, 7) is 6.77. The maximum Gasteiger partial charge on any atom is 0.185 e. The van der Waals surface area contributed by atoms with Crippen LogP contribution in [0.2, 0.25) is 0 Å². The van der Waals surface area contributed by atoms with Gasteiger partial charge in [0.2, 0.25) is 0 Å². The summed E-state index contributed by atoms with van der Waals surface area (Å²) < 4.78 is 46.8. The molecule has 1 saturated carbocycles. The van der Waals surface area contributed by atoms with Gasteiger partial charge in [-0.15, -0.1) is 0 Å². The summed E-state index contributed by atoms with van der Waals surface area (Å²) in [5, 5.41) is 14.2. The van der Waals surface area contributed by atoms with Crippen molar-refractivity contribution in [3.8, 4) is 11.3 Å². The summed E-state index contributed by atoms with van der Waals surface area (Å²) in [6.07, 6.45) is 3.50. The Hall–Kier alpha value is -3.30. The number of hydrogen-bond acceptors (Lipinski definition) is 6. The number of likely N-dealkylation sites (tertiary alicyclic amines) is 1. The Morgan fingerprint density at radius 1 is 1.02 bits per heavy atom. The van der Waals surface area contributed by atoms with Gasteiger partial charge in [-0.1, -0.05) is 31.1 Å². The second-order valence-corrected chi connectivity index (χ2v) is 13.2. The molecule has 224 valence electrons. The van der Waals surface area contributed by atoms with E-state index in [9.17, 15) is 27.9 Å². The molecule has 2 aliphatic rings. The van der Waals surface area contributed by atoms with E-state index in [-0.39, 0.29) is 59.7 Å². The van der Waals surface area contributed by atoms with E-state index < -0.39 is 28.1 Å². The number of carbonyl (C=O) groups is 2. The number of hydrogen-bond donors (Lipinski definition) is 1. The van der Waals surface area contributed by atoms with Crippen LogP contribution in [0.3, 0.4) is 0 Å². The highest BCUT2D eigenvalue weighted by Crippen LogP contribution is 2.44. The van der Waals surface area contributed by atoms with Crippen molar-refractivity contribution in [1.82, 2.24) is 10.1 Å². The fraction of sp³-hybridized carbons (Fsp3) is 0.485. The zero-order valence-electron chi connectivity index (χ0n) is 24.3. The first kappa shape index (κ1) is 30.2. The van der Waals surface area contributed by atoms with Crippen LogP contribution in [-0.4, -0.2) is 51.5 Å². The molecule has 5 rings (SSSR count). The van der Waals surface area contributed by atoms with E-state index in [0.717, 1.165) is 30.5 Å². The van der Waals surface area contributed by atoms with Gasteiger partial charge in [0.25, 0.3) is 0 Å². The highest BCUT2D eigenvalue weighted by molar-refractivity contribution is 5.96. The minimum absolute atomic E-state index is 0.00424. The third-order valence-corrected chi connectivity index (χ3v) is 8.97. The van der Waals surface area contributed by atoms with Gasteiger partial charge in [0, 0.05) is 55.9 Å². The fourth-order valence-electron chi connectivity index (χ4n) is 6.59. The lowest BCUT2D eigenvalue weighted by molar-refractivity contribution is -0.128. The number of ketones is 2. The van der Waals surface area contributed by atoms with Crippen molar-refractivity contribution in [3.63, 3.8) is 0 Å². The van der Waals surface area contributed by atoms with Gasteiger partial charge in [-0.2, -0.15) is 0 Å². The van der Waals surface area contributed by atoms with E-state index in [0.29, 0.717) is 25.9 Å². The van der Waals surface area contributed by atoms with Crippen molar-refractivity contribution in [1.29, 1.82) is 0 Å². The molecule has 1 aromatic heterocycles. The third kappa shape index (κ3) is 6.68. The van der Waals surface area contributed by atoms with E-state index in [4.69, 9.17) is 4.52 Å². The summed E-state index contributed by atoms with van der Waals surface area (Å²) >= 11 is 0. The first-order valence-corrected chi connectivity index (χ1v) is 14.4. The van der Waals surface area contributed by atoms with Gasteiger partial charge in [-0.25, -0.2) is 13.2 Å². The Kier molecular flexibility index (Phi) is 8.20. The van der Waals surface area contributed by atoms with Crippen LogP contribution in [-0.2, 0) is 10.2 Å². The fourth-order valence-corrected chi connectivity index (χ4v) is 6.59. The number of aliphatic hydroxyl groups is 1. The van der Waals surface area contributed by atoms with Crippen LogP contribution >= 0.6 is 0 Å². The quantitative estimate of drug-likeness (QED) is 0.270. The summed E-state index contributed by atoms with van der Waals surface area (Å²) in [5.41, 5.74) is -1.13. The van der Waals surface area contributed by atoms with Crippen molar-refractivity contribution >= 4 is 11.6 Å². The molecule has 1 aliphatic carbocycles. The van der Waals surface area contributed by atoms with Crippen molar-refractivity contribution in [3.05, 3.63) is 77.2 Å². The molecule has 1 N–H and O–H groups in total. The average Bonchev–Trinajstić information content (AvgIpc) is 3.37. The molecule has 9 heteroatoms. The number of aromatic nitrogens is 1. The largest absolute Gasteiger partial charge is 0.390 e. The molecule has 0 spiro atoms. The number of rotatable bonds is 10. The Morgan fingerprint density at radius 2 is 1.71 bits per heavy atom. The number of carbonyl (C=O) groups excluding carboxylic acids is 2. The summed E-state index contributed by atoms with van der Waals surface area (Å²) in [4.78, 5) is 29.2. The number of Topliss-reactive ketones (excluding diaryl/α,β-unsaturated/α-hetero) is 2. The van der Waals surface area contributed by atoms with Gasteiger partial charge in [0.15, 0.2) is 11.5 Å². The van der Waals surface area contributed by atoms with E-state index in [1.807, 2.05) is 26.8 Å². The van der Waals surface area contributed by atoms with Gasteiger partial charge >= 0.3 is 0 Å². The number of halogens is 3. The normalized spacial score (nSPS) is 22.5. The molecule has 2 fully saturated rings. The molecular weight excluding hydrogens is 545 g/mol. The summed E-state index contributed by atoms with van der Waals surface area (Å²) in [6, 6.07) is 10.9. The highest BCUT2D eigenvalue weighted by Gasteiger charge is 2.49. The lowest BCUT2D eigenvalue weighted by Crippen LogP contribution is -2.62. The summed E-state index contributed by atoms with van der Waals surface area (Å²) in [7, 11) is 0. The van der Waals surface area contributed by atoms with E-state index >= 15 is 0 Å². The molecule has 6 nitrogen and oxygen atoms in total. The second-order valence-electron chi connectivity index (χ2n) is 13.2. The lowest BCUT2D eigenvalue weighted by Gasteiger charge is -2.55. The van der Waals surface area contributed by atoms with Crippen molar-refractivity contribution in [2.75, 3.05) is 13.1 Å². The Bertz CT molecular complexity index is 1470. The van der Waals surface area contributed by atoms with Crippen LogP contribution in [0.4, 0.5) is 13.2 Å². The van der Waals surface area contributed by atoms with Crippen LogP contribution in [0.1, 0.15) is 81.8 Å². The van der Waals surface area contributed by atoms with Gasteiger partial charge in [0.1, 0.15) is 28.9 Å². The predicted molar refractivity (Wildman–Crippen MR) is 151 cm³/mol. The van der Waals surface area contributed by atoms with Gasteiger partial charge < -0.3 is 9.63 Å².